The molecule has 6 rings (SSSR count). The van der Waals surface area contributed by atoms with E-state index < -0.39 is 6.04 Å². The molecule has 0 spiro atoms. The Bertz CT molecular complexity index is 1680. The summed E-state index contributed by atoms with van der Waals surface area (Å²) in [5.74, 6) is -0.346. The van der Waals surface area contributed by atoms with Gasteiger partial charge in [-0.2, -0.15) is 0 Å². The molecule has 1 fully saturated rings. The molecule has 8 heteroatoms. The lowest BCUT2D eigenvalue weighted by Gasteiger charge is -2.32. The maximum Gasteiger partial charge on any atom is 0.258 e. The van der Waals surface area contributed by atoms with E-state index in [2.05, 4.69) is 5.32 Å². The monoisotopic (exact) mass is 627 g/mol. The summed E-state index contributed by atoms with van der Waals surface area (Å²) in [6.45, 7) is 0.606. The van der Waals surface area contributed by atoms with Crippen LogP contribution < -0.4 is 10.2 Å². The molecule has 4 aromatic rings. The Balaban J connectivity index is 1.24. The van der Waals surface area contributed by atoms with Crippen molar-refractivity contribution < 1.29 is 14.4 Å². The first-order chi connectivity index (χ1) is 21.4. The Labute approximate surface area is 267 Å². The fourth-order valence-electron chi connectivity index (χ4n) is 6.49. The lowest BCUT2D eigenvalue weighted by Crippen LogP contribution is -2.52. The van der Waals surface area contributed by atoms with Crippen LogP contribution in [0.1, 0.15) is 60.0 Å². The summed E-state index contributed by atoms with van der Waals surface area (Å²) < 4.78 is 0. The van der Waals surface area contributed by atoms with Crippen LogP contribution in [-0.2, 0) is 22.6 Å². The van der Waals surface area contributed by atoms with Crippen LogP contribution >= 0.6 is 23.2 Å². The van der Waals surface area contributed by atoms with Crippen LogP contribution in [0.15, 0.2) is 84.9 Å². The number of benzene rings is 4. The van der Waals surface area contributed by atoms with Crippen molar-refractivity contribution in [3.8, 4) is 0 Å². The summed E-state index contributed by atoms with van der Waals surface area (Å²) in [5, 5.41) is 6.04. The molecule has 226 valence electrons. The maximum absolute atomic E-state index is 14.1. The third-order valence-electron chi connectivity index (χ3n) is 8.73. The van der Waals surface area contributed by atoms with Crippen LogP contribution in [-0.4, -0.2) is 41.2 Å². The van der Waals surface area contributed by atoms with Crippen LogP contribution in [0.5, 0.6) is 0 Å². The van der Waals surface area contributed by atoms with E-state index in [9.17, 15) is 14.4 Å². The van der Waals surface area contributed by atoms with Crippen molar-refractivity contribution in [1.29, 1.82) is 0 Å². The predicted octanol–water partition coefficient (Wildman–Crippen LogP) is 7.59. The Hall–Kier alpha value is -3.87. The first-order valence-electron chi connectivity index (χ1n) is 15.3. The van der Waals surface area contributed by atoms with Gasteiger partial charge in [-0.25, -0.2) is 0 Å². The Morgan fingerprint density at radius 3 is 2.39 bits per heavy atom. The molecule has 6 nitrogen and oxygen atoms in total. The quantitative estimate of drug-likeness (QED) is 0.186. The van der Waals surface area contributed by atoms with Crippen LogP contribution in [0.4, 0.5) is 5.69 Å². The van der Waals surface area contributed by atoms with Gasteiger partial charge in [-0.05, 0) is 60.0 Å². The fraction of sp³-hybridized carbons (Fsp3) is 0.306. The minimum atomic E-state index is -0.716. The molecule has 1 aliphatic heterocycles. The van der Waals surface area contributed by atoms with Gasteiger partial charge in [0.2, 0.25) is 11.8 Å². The molecular weight excluding hydrogens is 593 g/mol. The lowest BCUT2D eigenvalue weighted by molar-refractivity contribution is -0.141. The Morgan fingerprint density at radius 1 is 0.886 bits per heavy atom. The normalized spacial score (nSPS) is 15.1. The van der Waals surface area contributed by atoms with Gasteiger partial charge in [0.1, 0.15) is 6.04 Å². The SMILES string of the molecule is O=C(NC1CCCC1)[C@H](Cc1ccccc1)N(Cc1ccc(Cl)c(Cl)c1)C(=O)CCCN1C(=O)c2cccc3cccc1c23. The molecule has 1 aliphatic carbocycles. The van der Waals surface area contributed by atoms with Crippen molar-refractivity contribution in [2.75, 3.05) is 11.4 Å². The van der Waals surface area contributed by atoms with Gasteiger partial charge in [-0.1, -0.05) is 96.7 Å². The number of hydrogen-bond acceptors (Lipinski definition) is 3. The molecule has 0 unspecified atom stereocenters. The van der Waals surface area contributed by atoms with Crippen molar-refractivity contribution in [1.82, 2.24) is 10.2 Å². The second kappa shape index (κ2) is 13.4. The first-order valence-corrected chi connectivity index (χ1v) is 16.1. The third kappa shape index (κ3) is 6.47. The van der Waals surface area contributed by atoms with E-state index in [4.69, 9.17) is 23.2 Å². The number of hydrogen-bond donors (Lipinski definition) is 1. The Morgan fingerprint density at radius 2 is 1.64 bits per heavy atom. The van der Waals surface area contributed by atoms with Crippen LogP contribution in [0, 0.1) is 0 Å². The van der Waals surface area contributed by atoms with E-state index in [1.807, 2.05) is 72.8 Å². The number of halogens is 2. The number of carbonyl (C=O) groups is 3. The van der Waals surface area contributed by atoms with Crippen molar-refractivity contribution in [2.45, 2.75) is 63.6 Å². The van der Waals surface area contributed by atoms with E-state index >= 15 is 0 Å². The lowest BCUT2D eigenvalue weighted by atomic mass is 10.0. The number of nitrogens with zero attached hydrogens (tertiary/aromatic N) is 2. The van der Waals surface area contributed by atoms with Gasteiger partial charge in [0.05, 0.1) is 15.7 Å². The van der Waals surface area contributed by atoms with E-state index in [-0.39, 0.29) is 36.7 Å². The summed E-state index contributed by atoms with van der Waals surface area (Å²) in [7, 11) is 0. The summed E-state index contributed by atoms with van der Waals surface area (Å²) in [6, 6.07) is 26.2. The molecule has 4 aromatic carbocycles. The molecule has 1 atom stereocenters. The van der Waals surface area contributed by atoms with Crippen LogP contribution in [0.25, 0.3) is 10.8 Å². The standard InChI is InChI=1S/C36H35Cl2N3O3/c37-29-19-18-25(21-30(29)38)23-41(32(22-24-9-2-1-3-10-24)35(43)39-27-13-4-5-14-27)33(42)17-8-20-40-31-16-7-12-26-11-6-15-28(34(26)31)36(40)44/h1-3,6-7,9-12,15-16,18-19,21,27,32H,4-5,8,13-14,17,20,22-23H2,(H,39,43)/t32-/m0/s1. The zero-order valence-electron chi connectivity index (χ0n) is 24.5. The molecule has 3 amide bonds. The molecule has 44 heavy (non-hydrogen) atoms. The van der Waals surface area contributed by atoms with Gasteiger partial charge in [-0.15, -0.1) is 0 Å². The molecule has 1 saturated carbocycles. The van der Waals surface area contributed by atoms with Gasteiger partial charge in [0, 0.05) is 42.9 Å². The molecule has 2 aliphatic rings. The number of nitrogens with one attached hydrogen (secondary N) is 1. The summed E-state index contributed by atoms with van der Waals surface area (Å²) >= 11 is 12.5. The molecule has 0 bridgehead atoms. The smallest absolute Gasteiger partial charge is 0.258 e. The summed E-state index contributed by atoms with van der Waals surface area (Å²) in [5.41, 5.74) is 3.33. The van der Waals surface area contributed by atoms with Crippen LogP contribution in [0.2, 0.25) is 10.0 Å². The fourth-order valence-corrected chi connectivity index (χ4v) is 6.81. The van der Waals surface area contributed by atoms with E-state index in [0.717, 1.165) is 53.3 Å². The topological polar surface area (TPSA) is 69.7 Å². The average Bonchev–Trinajstić information content (AvgIpc) is 3.64. The maximum atomic E-state index is 14.1. The van der Waals surface area contributed by atoms with Crippen molar-refractivity contribution in [2.24, 2.45) is 0 Å². The minimum absolute atomic E-state index is 0.0465. The van der Waals surface area contributed by atoms with Gasteiger partial charge in [0.15, 0.2) is 0 Å². The van der Waals surface area contributed by atoms with Gasteiger partial charge < -0.3 is 15.1 Å². The van der Waals surface area contributed by atoms with E-state index in [0.29, 0.717) is 35.0 Å². The minimum Gasteiger partial charge on any atom is -0.352 e. The molecule has 1 heterocycles. The second-order valence-corrected chi connectivity index (χ2v) is 12.5. The zero-order chi connectivity index (χ0) is 30.6. The number of rotatable bonds is 11. The third-order valence-corrected chi connectivity index (χ3v) is 9.47. The summed E-state index contributed by atoms with van der Waals surface area (Å²) in [4.78, 5) is 44.8. The van der Waals surface area contributed by atoms with Crippen LogP contribution in [0.3, 0.4) is 0 Å². The zero-order valence-corrected chi connectivity index (χ0v) is 26.0. The number of anilines is 1. The van der Waals surface area contributed by atoms with E-state index in [1.54, 1.807) is 21.9 Å². The van der Waals surface area contributed by atoms with Crippen molar-refractivity contribution >= 4 is 57.4 Å². The molecule has 1 N–H and O–H groups in total. The highest BCUT2D eigenvalue weighted by Crippen LogP contribution is 2.37. The predicted molar refractivity (Wildman–Crippen MR) is 176 cm³/mol. The largest absolute Gasteiger partial charge is 0.352 e. The average molecular weight is 629 g/mol. The molecule has 0 aromatic heterocycles. The van der Waals surface area contributed by atoms with Crippen molar-refractivity contribution in [3.05, 3.63) is 112 Å². The molecule has 0 radical (unpaired) electrons. The first kappa shape index (κ1) is 30.2. The number of amides is 3. The van der Waals surface area contributed by atoms with Gasteiger partial charge in [0.25, 0.3) is 5.91 Å². The summed E-state index contributed by atoms with van der Waals surface area (Å²) in [6.07, 6.45) is 5.09. The van der Waals surface area contributed by atoms with Gasteiger partial charge in [-0.3, -0.25) is 14.4 Å². The van der Waals surface area contributed by atoms with Gasteiger partial charge >= 0.3 is 0 Å². The highest BCUT2D eigenvalue weighted by molar-refractivity contribution is 6.42. The number of carbonyl (C=O) groups excluding carboxylic acids is 3. The molecule has 0 saturated heterocycles. The molecular formula is C36H35Cl2N3O3. The highest BCUT2D eigenvalue weighted by Gasteiger charge is 2.33. The van der Waals surface area contributed by atoms with Crippen molar-refractivity contribution in [3.63, 3.8) is 0 Å². The highest BCUT2D eigenvalue weighted by atomic mass is 35.5. The second-order valence-electron chi connectivity index (χ2n) is 11.7. The Kier molecular flexibility index (Phi) is 9.20. The van der Waals surface area contributed by atoms with E-state index in [1.165, 1.54) is 0 Å².